The van der Waals surface area contributed by atoms with Crippen molar-refractivity contribution in [3.05, 3.63) is 48.0 Å². The number of fused-ring (bicyclic) bond motifs is 1. The second kappa shape index (κ2) is 15.8. The van der Waals surface area contributed by atoms with Gasteiger partial charge < -0.3 is 36.8 Å². The maximum atomic E-state index is 13.7. The number of carboxylic acid groups (broad SMARTS) is 1. The number of piperidine rings is 1. The van der Waals surface area contributed by atoms with Crippen molar-refractivity contribution in [3.63, 3.8) is 0 Å². The summed E-state index contributed by atoms with van der Waals surface area (Å²) < 4.78 is 0. The summed E-state index contributed by atoms with van der Waals surface area (Å²) in [5, 5.41) is 28.0. The topological polar surface area (TPSA) is 208 Å². The van der Waals surface area contributed by atoms with Crippen LogP contribution in [-0.4, -0.2) is 93.8 Å². The number of aliphatic hydroxyl groups is 1. The molecule has 2 aromatic rings. The number of halogens is 1. The van der Waals surface area contributed by atoms with E-state index in [9.17, 15) is 33.9 Å². The molecule has 2 aromatic carbocycles. The van der Waals surface area contributed by atoms with Crippen LogP contribution in [-0.2, 0) is 35.2 Å². The zero-order chi connectivity index (χ0) is 31.5. The van der Waals surface area contributed by atoms with Gasteiger partial charge in [-0.2, -0.15) is 0 Å². The summed E-state index contributed by atoms with van der Waals surface area (Å²) in [5.74, 6) is -5.26. The van der Waals surface area contributed by atoms with Crippen LogP contribution in [0.3, 0.4) is 0 Å². The van der Waals surface area contributed by atoms with E-state index in [0.29, 0.717) is 18.4 Å². The maximum absolute atomic E-state index is 13.7. The van der Waals surface area contributed by atoms with Gasteiger partial charge in [-0.3, -0.25) is 28.8 Å². The van der Waals surface area contributed by atoms with Gasteiger partial charge in [0, 0.05) is 19.4 Å². The van der Waals surface area contributed by atoms with Gasteiger partial charge in [0.2, 0.25) is 29.5 Å². The average molecular weight is 618 g/mol. The zero-order valence-electron chi connectivity index (χ0n) is 23.5. The summed E-state index contributed by atoms with van der Waals surface area (Å²) in [6, 6.07) is 8.30. The first-order valence-corrected chi connectivity index (χ1v) is 14.4. The lowest BCUT2D eigenvalue weighted by Gasteiger charge is -2.37. The molecule has 0 aliphatic carbocycles. The van der Waals surface area contributed by atoms with Crippen LogP contribution in [0.1, 0.15) is 37.7 Å². The van der Waals surface area contributed by atoms with E-state index in [-0.39, 0.29) is 25.8 Å². The normalized spacial score (nSPS) is 16.9. The fourth-order valence-corrected chi connectivity index (χ4v) is 5.06. The molecule has 1 heterocycles. The van der Waals surface area contributed by atoms with Gasteiger partial charge in [0.05, 0.1) is 6.61 Å². The van der Waals surface area contributed by atoms with Crippen molar-refractivity contribution in [1.82, 2.24) is 20.9 Å². The molecule has 1 aliphatic rings. The minimum atomic E-state index is -1.38. The van der Waals surface area contributed by atoms with Gasteiger partial charge in [-0.15, -0.1) is 11.6 Å². The Morgan fingerprint density at radius 3 is 2.33 bits per heavy atom. The van der Waals surface area contributed by atoms with E-state index < -0.39 is 78.6 Å². The number of aliphatic hydroxyl groups excluding tert-OH is 1. The molecule has 1 aliphatic heterocycles. The number of hydrogen-bond donors (Lipinski definition) is 6. The number of carbonyl (C=O) groups excluding carboxylic acids is 5. The number of carbonyl (C=O) groups is 6. The Bertz CT molecular complexity index is 1360. The highest BCUT2D eigenvalue weighted by molar-refractivity contribution is 6.27. The Kier molecular flexibility index (Phi) is 12.3. The summed E-state index contributed by atoms with van der Waals surface area (Å²) in [4.78, 5) is 76.6. The molecule has 3 unspecified atom stereocenters. The van der Waals surface area contributed by atoms with E-state index >= 15 is 0 Å². The number of alkyl halides is 1. The Labute approximate surface area is 253 Å². The van der Waals surface area contributed by atoms with Gasteiger partial charge in [0.1, 0.15) is 30.0 Å². The molecule has 1 saturated heterocycles. The highest BCUT2D eigenvalue weighted by atomic mass is 35.5. The van der Waals surface area contributed by atoms with E-state index in [0.717, 1.165) is 10.8 Å². The average Bonchev–Trinajstić information content (AvgIpc) is 3.00. The second-order valence-electron chi connectivity index (χ2n) is 10.3. The molecule has 4 atom stereocenters. The molecule has 5 amide bonds. The minimum absolute atomic E-state index is 0.0208. The molecule has 0 radical (unpaired) electrons. The van der Waals surface area contributed by atoms with Crippen molar-refractivity contribution in [2.45, 2.75) is 62.7 Å². The number of primary amides is 1. The molecule has 0 saturated carbocycles. The fraction of sp³-hybridized carbons (Fsp3) is 0.448. The number of rotatable bonds is 14. The number of benzene rings is 2. The minimum Gasteiger partial charge on any atom is -0.481 e. The van der Waals surface area contributed by atoms with E-state index in [1.54, 1.807) is 6.07 Å². The Morgan fingerprint density at radius 2 is 1.67 bits per heavy atom. The Balaban J connectivity index is 1.86. The number of nitrogens with zero attached hydrogens (tertiary/aromatic N) is 1. The van der Waals surface area contributed by atoms with Crippen molar-refractivity contribution >= 4 is 57.9 Å². The molecule has 7 N–H and O–H groups in total. The molecule has 14 heteroatoms. The SMILES string of the molecule is NC(=O)C(CO)NC(=O)C(Cc1ccc2ccccc2c1)NC(=O)[C@@H]1CCCCN1C(=O)C(CCC(=O)O)NC(=O)CCl. The highest BCUT2D eigenvalue weighted by Gasteiger charge is 2.38. The quantitative estimate of drug-likeness (QED) is 0.156. The number of nitrogens with one attached hydrogen (secondary N) is 3. The maximum Gasteiger partial charge on any atom is 0.303 e. The fourth-order valence-electron chi connectivity index (χ4n) is 4.98. The standard InChI is InChI=1S/C29H36ClN5O8/c30-15-24(37)32-20(10-11-25(38)39)29(43)35-12-4-3-7-23(35)28(42)33-21(27(41)34-22(16-36)26(31)40)14-17-8-9-18-5-1-2-6-19(18)13-17/h1-2,5-6,8-9,13,20-23,36H,3-4,7,10-12,14-16H2,(H2,31,40)(H,32,37)(H,33,42)(H,34,41)(H,38,39)/t20?,21?,22?,23-/m0/s1. The highest BCUT2D eigenvalue weighted by Crippen LogP contribution is 2.21. The Morgan fingerprint density at radius 1 is 0.953 bits per heavy atom. The summed E-state index contributed by atoms with van der Waals surface area (Å²) in [6.07, 6.45) is 0.853. The lowest BCUT2D eigenvalue weighted by Crippen LogP contribution is -2.61. The third-order valence-electron chi connectivity index (χ3n) is 7.22. The van der Waals surface area contributed by atoms with Crippen LogP contribution in [0.2, 0.25) is 0 Å². The van der Waals surface area contributed by atoms with Crippen LogP contribution in [0, 0.1) is 0 Å². The molecule has 232 valence electrons. The van der Waals surface area contributed by atoms with E-state index in [2.05, 4.69) is 16.0 Å². The summed E-state index contributed by atoms with van der Waals surface area (Å²) in [6.45, 7) is -0.568. The number of aliphatic carboxylic acids is 1. The van der Waals surface area contributed by atoms with Gasteiger partial charge in [-0.25, -0.2) is 0 Å². The molecule has 0 spiro atoms. The summed E-state index contributed by atoms with van der Waals surface area (Å²) >= 11 is 5.58. The molecule has 0 bridgehead atoms. The number of nitrogens with two attached hydrogens (primary N) is 1. The van der Waals surface area contributed by atoms with E-state index in [1.165, 1.54) is 4.90 Å². The Hall–Kier alpha value is -4.23. The molecule has 43 heavy (non-hydrogen) atoms. The van der Waals surface area contributed by atoms with Crippen LogP contribution < -0.4 is 21.7 Å². The van der Waals surface area contributed by atoms with Crippen molar-refractivity contribution in [1.29, 1.82) is 0 Å². The predicted octanol–water partition coefficient (Wildman–Crippen LogP) is -0.201. The van der Waals surface area contributed by atoms with Gasteiger partial charge in [0.15, 0.2) is 0 Å². The monoisotopic (exact) mass is 617 g/mol. The van der Waals surface area contributed by atoms with Crippen LogP contribution >= 0.6 is 11.6 Å². The van der Waals surface area contributed by atoms with E-state index in [4.69, 9.17) is 22.4 Å². The lowest BCUT2D eigenvalue weighted by molar-refractivity contribution is -0.146. The van der Waals surface area contributed by atoms with Gasteiger partial charge in [-0.1, -0.05) is 42.5 Å². The van der Waals surface area contributed by atoms with Crippen LogP contribution in [0.15, 0.2) is 42.5 Å². The molecule has 3 rings (SSSR count). The van der Waals surface area contributed by atoms with Gasteiger partial charge >= 0.3 is 5.97 Å². The summed E-state index contributed by atoms with van der Waals surface area (Å²) in [5.41, 5.74) is 5.98. The van der Waals surface area contributed by atoms with E-state index in [1.807, 2.05) is 36.4 Å². The smallest absolute Gasteiger partial charge is 0.303 e. The van der Waals surface area contributed by atoms with Gasteiger partial charge in [0.25, 0.3) is 0 Å². The third-order valence-corrected chi connectivity index (χ3v) is 7.46. The third kappa shape index (κ3) is 9.38. The molecular formula is C29H36ClN5O8. The van der Waals surface area contributed by atoms with Crippen molar-refractivity contribution in [2.75, 3.05) is 19.0 Å². The molecule has 13 nitrogen and oxygen atoms in total. The number of likely N-dealkylation sites (tertiary alicyclic amines) is 1. The molecule has 0 aromatic heterocycles. The van der Waals surface area contributed by atoms with Crippen molar-refractivity contribution in [3.8, 4) is 0 Å². The molecular weight excluding hydrogens is 582 g/mol. The van der Waals surface area contributed by atoms with Crippen LogP contribution in [0.25, 0.3) is 10.8 Å². The zero-order valence-corrected chi connectivity index (χ0v) is 24.2. The predicted molar refractivity (Wildman–Crippen MR) is 157 cm³/mol. The molecule has 1 fully saturated rings. The number of amides is 5. The van der Waals surface area contributed by atoms with Crippen molar-refractivity contribution in [2.24, 2.45) is 5.73 Å². The first-order chi connectivity index (χ1) is 20.5. The first-order valence-electron chi connectivity index (χ1n) is 13.9. The second-order valence-corrected chi connectivity index (χ2v) is 10.6. The largest absolute Gasteiger partial charge is 0.481 e. The summed E-state index contributed by atoms with van der Waals surface area (Å²) in [7, 11) is 0. The lowest BCUT2D eigenvalue weighted by atomic mass is 9.97. The van der Waals surface area contributed by atoms with Crippen molar-refractivity contribution < 1.29 is 39.0 Å². The van der Waals surface area contributed by atoms with Crippen LogP contribution in [0.4, 0.5) is 0 Å². The number of carboxylic acids is 1. The number of hydrogen-bond acceptors (Lipinski definition) is 7. The van der Waals surface area contributed by atoms with Crippen LogP contribution in [0.5, 0.6) is 0 Å². The van der Waals surface area contributed by atoms with Gasteiger partial charge in [-0.05, 0) is 42.0 Å². The first kappa shape index (κ1) is 33.3.